The number of benzene rings is 1. The molecule has 0 saturated carbocycles. The molecule has 0 fully saturated rings. The van der Waals surface area contributed by atoms with E-state index < -0.39 is 0 Å². The Balaban J connectivity index is 1.73. The highest BCUT2D eigenvalue weighted by Crippen LogP contribution is 2.15. The lowest BCUT2D eigenvalue weighted by Gasteiger charge is -2.22. The van der Waals surface area contributed by atoms with E-state index >= 15 is 0 Å². The Hall–Kier alpha value is -3.13. The number of hydrogen-bond donors (Lipinski definition) is 2. The van der Waals surface area contributed by atoms with Crippen LogP contribution in [0.3, 0.4) is 0 Å². The summed E-state index contributed by atoms with van der Waals surface area (Å²) in [5.74, 6) is 0.824. The minimum atomic E-state index is -0.374. The SMILES string of the molecule is CCCN(Cc1nc2cc(Cl)ccc2c(=O)[nH]1)C(=O)CNC(=O)c1cc(C)oc1C. The third-order valence-electron chi connectivity index (χ3n) is 4.59. The van der Waals surface area contributed by atoms with Gasteiger partial charge in [0, 0.05) is 11.6 Å². The second-order valence-electron chi connectivity index (χ2n) is 7.00. The first kappa shape index (κ1) is 21.6. The number of aryl methyl sites for hydroxylation is 2. The third kappa shape index (κ3) is 4.88. The van der Waals surface area contributed by atoms with Gasteiger partial charge in [-0.2, -0.15) is 0 Å². The van der Waals surface area contributed by atoms with Crippen LogP contribution >= 0.6 is 11.6 Å². The van der Waals surface area contributed by atoms with Crippen molar-refractivity contribution in [1.29, 1.82) is 0 Å². The lowest BCUT2D eigenvalue weighted by atomic mass is 10.2. The van der Waals surface area contributed by atoms with Gasteiger partial charge in [0.25, 0.3) is 11.5 Å². The van der Waals surface area contributed by atoms with Crippen molar-refractivity contribution in [2.24, 2.45) is 0 Å². The van der Waals surface area contributed by atoms with Crippen molar-refractivity contribution in [3.05, 3.63) is 62.6 Å². The second kappa shape index (κ2) is 9.13. The van der Waals surface area contributed by atoms with Gasteiger partial charge in [-0.15, -0.1) is 0 Å². The molecule has 0 spiro atoms. The fourth-order valence-corrected chi connectivity index (χ4v) is 3.36. The standard InChI is InChI=1S/C21H23ClN4O4/c1-4-7-26(19(27)10-23-20(28)16-8-12(2)30-13(16)3)11-18-24-17-9-14(22)5-6-15(17)21(29)25-18/h5-6,8-9H,4,7,10-11H2,1-3H3,(H,23,28)(H,24,25,29). The number of carbonyl (C=O) groups excluding carboxylic acids is 2. The van der Waals surface area contributed by atoms with Gasteiger partial charge < -0.3 is 19.6 Å². The van der Waals surface area contributed by atoms with E-state index in [0.29, 0.717) is 51.8 Å². The highest BCUT2D eigenvalue weighted by atomic mass is 35.5. The summed E-state index contributed by atoms with van der Waals surface area (Å²) in [6.07, 6.45) is 0.712. The van der Waals surface area contributed by atoms with Crippen molar-refractivity contribution in [1.82, 2.24) is 20.2 Å². The van der Waals surface area contributed by atoms with Gasteiger partial charge in [-0.3, -0.25) is 14.4 Å². The first-order valence-corrected chi connectivity index (χ1v) is 9.97. The van der Waals surface area contributed by atoms with Crippen molar-refractivity contribution in [2.45, 2.75) is 33.7 Å². The zero-order valence-electron chi connectivity index (χ0n) is 17.0. The summed E-state index contributed by atoms with van der Waals surface area (Å²) in [7, 11) is 0. The van der Waals surface area contributed by atoms with Crippen molar-refractivity contribution < 1.29 is 14.0 Å². The van der Waals surface area contributed by atoms with Gasteiger partial charge in [-0.05, 0) is 44.5 Å². The third-order valence-corrected chi connectivity index (χ3v) is 4.83. The molecule has 9 heteroatoms. The fourth-order valence-electron chi connectivity index (χ4n) is 3.20. The summed E-state index contributed by atoms with van der Waals surface area (Å²) in [5, 5.41) is 3.52. The van der Waals surface area contributed by atoms with Crippen molar-refractivity contribution >= 4 is 34.3 Å². The maximum absolute atomic E-state index is 12.7. The lowest BCUT2D eigenvalue weighted by molar-refractivity contribution is -0.130. The molecule has 0 radical (unpaired) electrons. The predicted octanol–water partition coefficient (Wildman–Crippen LogP) is 2.95. The number of rotatable bonds is 7. The van der Waals surface area contributed by atoms with E-state index in [2.05, 4.69) is 15.3 Å². The van der Waals surface area contributed by atoms with Gasteiger partial charge in [-0.25, -0.2) is 4.98 Å². The van der Waals surface area contributed by atoms with Gasteiger partial charge >= 0.3 is 0 Å². The van der Waals surface area contributed by atoms with Crippen LogP contribution in [0.2, 0.25) is 5.02 Å². The van der Waals surface area contributed by atoms with Crippen LogP contribution in [0.1, 0.15) is 41.0 Å². The summed E-state index contributed by atoms with van der Waals surface area (Å²) in [4.78, 5) is 46.0. The normalized spacial score (nSPS) is 10.9. The van der Waals surface area contributed by atoms with Crippen LogP contribution < -0.4 is 10.9 Å². The van der Waals surface area contributed by atoms with E-state index in [1.54, 1.807) is 43.0 Å². The maximum Gasteiger partial charge on any atom is 0.258 e. The maximum atomic E-state index is 12.7. The molecule has 2 heterocycles. The van der Waals surface area contributed by atoms with E-state index in [4.69, 9.17) is 16.0 Å². The Morgan fingerprint density at radius 1 is 1.27 bits per heavy atom. The number of amides is 2. The largest absolute Gasteiger partial charge is 0.466 e. The zero-order chi connectivity index (χ0) is 21.8. The van der Waals surface area contributed by atoms with Gasteiger partial charge in [0.15, 0.2) is 0 Å². The predicted molar refractivity (Wildman–Crippen MR) is 114 cm³/mol. The molecular formula is C21H23ClN4O4. The average Bonchev–Trinajstić information content (AvgIpc) is 3.03. The van der Waals surface area contributed by atoms with E-state index in [-0.39, 0.29) is 30.5 Å². The van der Waals surface area contributed by atoms with Gasteiger partial charge in [0.2, 0.25) is 5.91 Å². The average molecular weight is 431 g/mol. The number of H-pyrrole nitrogens is 1. The molecule has 8 nitrogen and oxygen atoms in total. The first-order valence-electron chi connectivity index (χ1n) is 9.60. The van der Waals surface area contributed by atoms with Crippen LogP contribution in [-0.2, 0) is 11.3 Å². The summed E-state index contributed by atoms with van der Waals surface area (Å²) in [5.41, 5.74) is 0.568. The van der Waals surface area contributed by atoms with Crippen molar-refractivity contribution in [3.63, 3.8) is 0 Å². The van der Waals surface area contributed by atoms with Crippen LogP contribution in [0.15, 0.2) is 33.5 Å². The van der Waals surface area contributed by atoms with E-state index in [0.717, 1.165) is 0 Å². The lowest BCUT2D eigenvalue weighted by Crippen LogP contribution is -2.40. The topological polar surface area (TPSA) is 108 Å². The molecule has 158 valence electrons. The van der Waals surface area contributed by atoms with E-state index in [1.807, 2.05) is 6.92 Å². The van der Waals surface area contributed by atoms with Crippen LogP contribution in [0.4, 0.5) is 0 Å². The van der Waals surface area contributed by atoms with Crippen molar-refractivity contribution in [3.8, 4) is 0 Å². The number of aromatic nitrogens is 2. The fraction of sp³-hybridized carbons (Fsp3) is 0.333. The molecule has 0 aliphatic rings. The minimum absolute atomic E-state index is 0.115. The van der Waals surface area contributed by atoms with Gasteiger partial charge in [0.05, 0.1) is 29.6 Å². The quantitative estimate of drug-likeness (QED) is 0.599. The Kier molecular flexibility index (Phi) is 6.56. The van der Waals surface area contributed by atoms with Gasteiger partial charge in [0.1, 0.15) is 17.3 Å². The second-order valence-corrected chi connectivity index (χ2v) is 7.44. The number of carbonyl (C=O) groups is 2. The molecule has 30 heavy (non-hydrogen) atoms. The molecular weight excluding hydrogens is 408 g/mol. The van der Waals surface area contributed by atoms with Gasteiger partial charge in [-0.1, -0.05) is 18.5 Å². The number of furan rings is 1. The molecule has 3 rings (SSSR count). The van der Waals surface area contributed by atoms with E-state index in [1.165, 1.54) is 0 Å². The molecule has 0 aliphatic carbocycles. The summed E-state index contributed by atoms with van der Waals surface area (Å²) in [6, 6.07) is 6.47. The molecule has 0 unspecified atom stereocenters. The molecule has 0 saturated heterocycles. The van der Waals surface area contributed by atoms with Crippen LogP contribution in [-0.4, -0.2) is 39.8 Å². The van der Waals surface area contributed by atoms with Crippen LogP contribution in [0, 0.1) is 13.8 Å². The molecule has 2 N–H and O–H groups in total. The number of halogens is 1. The molecule has 2 amide bonds. The summed E-state index contributed by atoms with van der Waals surface area (Å²) in [6.45, 7) is 5.78. The Morgan fingerprint density at radius 3 is 2.70 bits per heavy atom. The minimum Gasteiger partial charge on any atom is -0.466 e. The van der Waals surface area contributed by atoms with Crippen LogP contribution in [0.5, 0.6) is 0 Å². The monoisotopic (exact) mass is 430 g/mol. The molecule has 0 aliphatic heterocycles. The molecule has 3 aromatic rings. The molecule has 0 bridgehead atoms. The number of nitrogens with one attached hydrogen (secondary N) is 2. The zero-order valence-corrected chi connectivity index (χ0v) is 17.8. The Morgan fingerprint density at radius 2 is 2.03 bits per heavy atom. The number of nitrogens with zero attached hydrogens (tertiary/aromatic N) is 2. The Bertz CT molecular complexity index is 1150. The van der Waals surface area contributed by atoms with Crippen molar-refractivity contribution in [2.75, 3.05) is 13.1 Å². The van der Waals surface area contributed by atoms with E-state index in [9.17, 15) is 14.4 Å². The summed E-state index contributed by atoms with van der Waals surface area (Å²) >= 11 is 6.00. The number of hydrogen-bond acceptors (Lipinski definition) is 5. The number of fused-ring (bicyclic) bond motifs is 1. The molecule has 2 aromatic heterocycles. The summed E-state index contributed by atoms with van der Waals surface area (Å²) < 4.78 is 5.35. The van der Waals surface area contributed by atoms with Crippen LogP contribution in [0.25, 0.3) is 10.9 Å². The highest BCUT2D eigenvalue weighted by Gasteiger charge is 2.18. The first-order chi connectivity index (χ1) is 14.3. The molecule has 0 atom stereocenters. The molecule has 1 aromatic carbocycles. The Labute approximate surface area is 178 Å². The number of aromatic amines is 1. The smallest absolute Gasteiger partial charge is 0.258 e. The highest BCUT2D eigenvalue weighted by molar-refractivity contribution is 6.31.